The lowest BCUT2D eigenvalue weighted by Gasteiger charge is -2.22. The van der Waals surface area contributed by atoms with Crippen LogP contribution >= 0.6 is 0 Å². The van der Waals surface area contributed by atoms with E-state index in [1.54, 1.807) is 0 Å². The van der Waals surface area contributed by atoms with Gasteiger partial charge in [0.05, 0.1) is 0 Å². The fraction of sp³-hybridized carbons (Fsp3) is 0.381. The van der Waals surface area contributed by atoms with Crippen LogP contribution in [0.25, 0.3) is 0 Å². The lowest BCUT2D eigenvalue weighted by atomic mass is 10.1. The molecule has 2 aromatic carbocycles. The maximum Gasteiger partial charge on any atom is 0.407 e. The topological polar surface area (TPSA) is 59.6 Å². The van der Waals surface area contributed by atoms with Crippen molar-refractivity contribution in [1.29, 1.82) is 0 Å². The molecule has 0 heterocycles. The van der Waals surface area contributed by atoms with Gasteiger partial charge in [0.15, 0.2) is 0 Å². The molecule has 140 valence electrons. The fourth-order valence-corrected chi connectivity index (χ4v) is 2.47. The van der Waals surface area contributed by atoms with Gasteiger partial charge in [0.25, 0.3) is 0 Å². The number of hydrogen-bond donors (Lipinski definition) is 2. The number of nitrogens with one attached hydrogen (secondary N) is 2. The van der Waals surface area contributed by atoms with Crippen LogP contribution in [0.4, 0.5) is 10.5 Å². The predicted octanol–water partition coefficient (Wildman–Crippen LogP) is 4.76. The summed E-state index contributed by atoms with van der Waals surface area (Å²) in [6.07, 6.45) is 0.0484. The first-order chi connectivity index (χ1) is 12.4. The van der Waals surface area contributed by atoms with E-state index in [-0.39, 0.29) is 6.10 Å². The van der Waals surface area contributed by atoms with E-state index < -0.39 is 11.7 Å². The number of alkyl carbamates (subject to hydrolysis) is 1. The van der Waals surface area contributed by atoms with E-state index in [1.807, 2.05) is 82.4 Å². The molecule has 2 aromatic rings. The van der Waals surface area contributed by atoms with Gasteiger partial charge in [0.2, 0.25) is 0 Å². The average Bonchev–Trinajstić information content (AvgIpc) is 2.60. The van der Waals surface area contributed by atoms with Crippen LogP contribution in [0.1, 0.15) is 38.9 Å². The molecule has 5 heteroatoms. The first-order valence-electron chi connectivity index (χ1n) is 8.83. The molecule has 0 saturated heterocycles. The van der Waals surface area contributed by atoms with Gasteiger partial charge in [-0.15, -0.1) is 0 Å². The smallest absolute Gasteiger partial charge is 0.407 e. The van der Waals surface area contributed by atoms with Crippen molar-refractivity contribution < 1.29 is 14.3 Å². The van der Waals surface area contributed by atoms with Gasteiger partial charge in [-0.25, -0.2) is 4.79 Å². The summed E-state index contributed by atoms with van der Waals surface area (Å²) in [6, 6.07) is 17.8. The second-order valence-electron chi connectivity index (χ2n) is 7.01. The van der Waals surface area contributed by atoms with Crippen LogP contribution in [0.5, 0.6) is 5.75 Å². The summed E-state index contributed by atoms with van der Waals surface area (Å²) in [7, 11) is 1.87. The van der Waals surface area contributed by atoms with E-state index in [9.17, 15) is 4.79 Å². The first-order valence-corrected chi connectivity index (χ1v) is 8.83. The van der Waals surface area contributed by atoms with Crippen molar-refractivity contribution in [3.63, 3.8) is 0 Å². The van der Waals surface area contributed by atoms with Crippen molar-refractivity contribution >= 4 is 11.8 Å². The predicted molar refractivity (Wildman–Crippen MR) is 105 cm³/mol. The molecule has 0 aromatic heterocycles. The zero-order valence-electron chi connectivity index (χ0n) is 15.9. The molecule has 0 radical (unpaired) electrons. The highest BCUT2D eigenvalue weighted by Crippen LogP contribution is 2.26. The van der Waals surface area contributed by atoms with Crippen molar-refractivity contribution in [3.8, 4) is 5.75 Å². The Bertz CT molecular complexity index is 696. The summed E-state index contributed by atoms with van der Waals surface area (Å²) < 4.78 is 11.5. The van der Waals surface area contributed by atoms with E-state index in [1.165, 1.54) is 0 Å². The standard InChI is InChI=1S/C21H28N2O3/c1-21(2,3)26-20(24)23-14-13-19(16-9-6-5-7-10-16)25-18-12-8-11-17(15-18)22-4/h5-12,15,19,22H,13-14H2,1-4H3,(H,23,24). The van der Waals surface area contributed by atoms with Crippen molar-refractivity contribution in [1.82, 2.24) is 5.32 Å². The zero-order chi connectivity index (χ0) is 19.0. The number of hydrogen-bond acceptors (Lipinski definition) is 4. The molecule has 0 aliphatic rings. The van der Waals surface area contributed by atoms with Crippen LogP contribution in [-0.4, -0.2) is 25.3 Å². The van der Waals surface area contributed by atoms with E-state index >= 15 is 0 Å². The fourth-order valence-electron chi connectivity index (χ4n) is 2.47. The van der Waals surface area contributed by atoms with Crippen molar-refractivity contribution in [2.45, 2.75) is 38.9 Å². The van der Waals surface area contributed by atoms with E-state index in [0.717, 1.165) is 17.0 Å². The second-order valence-corrected chi connectivity index (χ2v) is 7.01. The van der Waals surface area contributed by atoms with Gasteiger partial charge in [-0.2, -0.15) is 0 Å². The van der Waals surface area contributed by atoms with Crippen LogP contribution in [0, 0.1) is 0 Å². The Morgan fingerprint density at radius 3 is 2.46 bits per heavy atom. The van der Waals surface area contributed by atoms with Crippen LogP contribution in [0.2, 0.25) is 0 Å². The monoisotopic (exact) mass is 356 g/mol. The molecule has 0 bridgehead atoms. The van der Waals surface area contributed by atoms with Crippen LogP contribution in [0.3, 0.4) is 0 Å². The maximum absolute atomic E-state index is 11.8. The maximum atomic E-state index is 11.8. The average molecular weight is 356 g/mol. The van der Waals surface area contributed by atoms with Gasteiger partial charge in [-0.05, 0) is 38.5 Å². The van der Waals surface area contributed by atoms with Crippen LogP contribution in [0.15, 0.2) is 54.6 Å². The molecule has 0 aliphatic carbocycles. The van der Waals surface area contributed by atoms with Crippen LogP contribution in [-0.2, 0) is 4.74 Å². The Kier molecular flexibility index (Phi) is 6.89. The molecule has 5 nitrogen and oxygen atoms in total. The highest BCUT2D eigenvalue weighted by Gasteiger charge is 2.18. The number of ether oxygens (including phenoxy) is 2. The minimum absolute atomic E-state index is 0.168. The molecule has 0 fully saturated rings. The Hall–Kier alpha value is -2.69. The number of benzene rings is 2. The molecule has 0 aliphatic heterocycles. The molecular weight excluding hydrogens is 328 g/mol. The molecule has 26 heavy (non-hydrogen) atoms. The summed E-state index contributed by atoms with van der Waals surface area (Å²) in [6.45, 7) is 5.99. The number of carbonyl (C=O) groups is 1. The van der Waals surface area contributed by atoms with Crippen molar-refractivity contribution in [2.24, 2.45) is 0 Å². The van der Waals surface area contributed by atoms with Crippen molar-refractivity contribution in [2.75, 3.05) is 18.9 Å². The van der Waals surface area contributed by atoms with Gasteiger partial charge in [0, 0.05) is 31.8 Å². The first kappa shape index (κ1) is 19.6. The van der Waals surface area contributed by atoms with Gasteiger partial charge in [0.1, 0.15) is 17.5 Å². The summed E-state index contributed by atoms with van der Waals surface area (Å²) >= 11 is 0. The highest BCUT2D eigenvalue weighted by molar-refractivity contribution is 5.67. The minimum atomic E-state index is -0.507. The van der Waals surface area contributed by atoms with Gasteiger partial charge < -0.3 is 20.1 Å². The number of amides is 1. The third-order valence-electron chi connectivity index (χ3n) is 3.65. The third-order valence-corrected chi connectivity index (χ3v) is 3.65. The quantitative estimate of drug-likeness (QED) is 0.751. The minimum Gasteiger partial charge on any atom is -0.486 e. The number of carbonyl (C=O) groups excluding carboxylic acids is 1. The number of rotatable bonds is 7. The molecule has 0 saturated carbocycles. The molecule has 2 rings (SSSR count). The molecular formula is C21H28N2O3. The lowest BCUT2D eigenvalue weighted by Crippen LogP contribution is -2.33. The normalized spacial score (nSPS) is 12.2. The van der Waals surface area contributed by atoms with Crippen molar-refractivity contribution in [3.05, 3.63) is 60.2 Å². The Morgan fingerprint density at radius 1 is 1.08 bits per heavy atom. The third kappa shape index (κ3) is 6.67. The highest BCUT2D eigenvalue weighted by atomic mass is 16.6. The SMILES string of the molecule is CNc1cccc(OC(CCNC(=O)OC(C)(C)C)c2ccccc2)c1. The van der Waals surface area contributed by atoms with E-state index in [2.05, 4.69) is 10.6 Å². The largest absolute Gasteiger partial charge is 0.486 e. The van der Waals surface area contributed by atoms with E-state index in [4.69, 9.17) is 9.47 Å². The molecule has 1 unspecified atom stereocenters. The number of anilines is 1. The van der Waals surface area contributed by atoms with Crippen LogP contribution < -0.4 is 15.4 Å². The summed E-state index contributed by atoms with van der Waals surface area (Å²) in [5.41, 5.74) is 1.54. The summed E-state index contributed by atoms with van der Waals surface area (Å²) in [5.74, 6) is 0.781. The molecule has 2 N–H and O–H groups in total. The second kappa shape index (κ2) is 9.13. The Labute approximate surface area is 155 Å². The Balaban J connectivity index is 2.01. The molecule has 0 spiro atoms. The Morgan fingerprint density at radius 2 is 1.81 bits per heavy atom. The molecule has 1 atom stereocenters. The van der Waals surface area contributed by atoms with Gasteiger partial charge in [-0.1, -0.05) is 36.4 Å². The summed E-state index contributed by atoms with van der Waals surface area (Å²) in [5, 5.41) is 5.90. The van der Waals surface area contributed by atoms with Gasteiger partial charge >= 0.3 is 6.09 Å². The van der Waals surface area contributed by atoms with E-state index in [0.29, 0.717) is 13.0 Å². The summed E-state index contributed by atoms with van der Waals surface area (Å²) in [4.78, 5) is 11.8. The zero-order valence-corrected chi connectivity index (χ0v) is 15.9. The molecule has 1 amide bonds. The van der Waals surface area contributed by atoms with Gasteiger partial charge in [-0.3, -0.25) is 0 Å². The lowest BCUT2D eigenvalue weighted by molar-refractivity contribution is 0.0520.